The fraction of sp³-hybridized carbons (Fsp3) is 0.105. The maximum Gasteiger partial charge on any atom is 0.234 e. The predicted octanol–water partition coefficient (Wildman–Crippen LogP) is 6.42. The Morgan fingerprint density at radius 2 is 1.68 bits per heavy atom. The van der Waals surface area contributed by atoms with Gasteiger partial charge in [0.05, 0.1) is 10.6 Å². The Bertz CT molecular complexity index is 911. The van der Waals surface area contributed by atoms with E-state index in [1.807, 2.05) is 44.2 Å². The van der Waals surface area contributed by atoms with Crippen LogP contribution in [0.25, 0.3) is 0 Å². The molecule has 6 heteroatoms. The number of nitrogens with zero attached hydrogens (tertiary/aromatic N) is 2. The number of thioether (sulfide) groups is 1. The first kappa shape index (κ1) is 17.4. The van der Waals surface area contributed by atoms with Gasteiger partial charge in [-0.05, 0) is 73.1 Å². The Morgan fingerprint density at radius 3 is 2.36 bits per heavy atom. The van der Waals surface area contributed by atoms with Gasteiger partial charge in [0.15, 0.2) is 0 Å². The number of azo groups is 1. The van der Waals surface area contributed by atoms with Crippen molar-refractivity contribution in [1.82, 2.24) is 0 Å². The number of carbonyl (C=O) groups is 1. The molecule has 0 aliphatic heterocycles. The van der Waals surface area contributed by atoms with Gasteiger partial charge in [0.1, 0.15) is 10.8 Å². The van der Waals surface area contributed by atoms with Gasteiger partial charge >= 0.3 is 0 Å². The molecule has 0 atom stereocenters. The van der Waals surface area contributed by atoms with Crippen molar-refractivity contribution in [3.8, 4) is 5.75 Å². The Labute approximate surface area is 154 Å². The SMILES string of the molecule is Cc1cc(N=Nc2ccc(C(=O)Sc3ccccc3)s2)cc(C)c1O. The van der Waals surface area contributed by atoms with Crippen LogP contribution in [0.2, 0.25) is 0 Å². The van der Waals surface area contributed by atoms with Crippen molar-refractivity contribution in [3.63, 3.8) is 0 Å². The summed E-state index contributed by atoms with van der Waals surface area (Å²) in [6, 6.07) is 16.7. The molecular formula is C19H16N2O2S2. The Balaban J connectivity index is 1.72. The fourth-order valence-corrected chi connectivity index (χ4v) is 3.82. The van der Waals surface area contributed by atoms with E-state index >= 15 is 0 Å². The largest absolute Gasteiger partial charge is 0.507 e. The minimum absolute atomic E-state index is 0.00558. The molecule has 1 N–H and O–H groups in total. The first-order valence-electron chi connectivity index (χ1n) is 7.62. The molecule has 0 aliphatic rings. The van der Waals surface area contributed by atoms with Crippen LogP contribution in [0.4, 0.5) is 10.7 Å². The van der Waals surface area contributed by atoms with Crippen molar-refractivity contribution in [3.05, 3.63) is 70.6 Å². The van der Waals surface area contributed by atoms with Crippen LogP contribution in [0.15, 0.2) is 69.7 Å². The molecule has 3 rings (SSSR count). The Morgan fingerprint density at radius 1 is 1.00 bits per heavy atom. The van der Waals surface area contributed by atoms with Crippen LogP contribution in [0.5, 0.6) is 5.75 Å². The maximum atomic E-state index is 12.3. The highest BCUT2D eigenvalue weighted by atomic mass is 32.2. The van der Waals surface area contributed by atoms with Crippen molar-refractivity contribution >= 4 is 38.9 Å². The molecule has 0 bridgehead atoms. The summed E-state index contributed by atoms with van der Waals surface area (Å²) in [5.74, 6) is 0.279. The summed E-state index contributed by atoms with van der Waals surface area (Å²) in [7, 11) is 0. The molecule has 126 valence electrons. The van der Waals surface area contributed by atoms with E-state index in [0.717, 1.165) is 16.0 Å². The monoisotopic (exact) mass is 368 g/mol. The van der Waals surface area contributed by atoms with Crippen LogP contribution in [0.3, 0.4) is 0 Å². The molecule has 0 unspecified atom stereocenters. The van der Waals surface area contributed by atoms with Crippen LogP contribution in [0, 0.1) is 13.8 Å². The summed E-state index contributed by atoms with van der Waals surface area (Å²) in [4.78, 5) is 13.9. The third-order valence-corrected chi connectivity index (χ3v) is 5.50. The van der Waals surface area contributed by atoms with Gasteiger partial charge in [-0.15, -0.1) is 21.6 Å². The van der Waals surface area contributed by atoms with Gasteiger partial charge in [-0.2, -0.15) is 0 Å². The number of phenols is 1. The number of thiophene rings is 1. The molecule has 0 saturated carbocycles. The molecule has 0 fully saturated rings. The van der Waals surface area contributed by atoms with Gasteiger partial charge < -0.3 is 5.11 Å². The number of aryl methyl sites for hydroxylation is 2. The quantitative estimate of drug-likeness (QED) is 0.427. The molecule has 2 aromatic carbocycles. The van der Waals surface area contributed by atoms with Crippen LogP contribution in [0.1, 0.15) is 20.8 Å². The lowest BCUT2D eigenvalue weighted by Crippen LogP contribution is -1.87. The smallest absolute Gasteiger partial charge is 0.234 e. The normalized spacial score (nSPS) is 11.1. The number of phenolic OH excluding ortho intramolecular Hbond substituents is 1. The Hall–Kier alpha value is -2.44. The summed E-state index contributed by atoms with van der Waals surface area (Å²) >= 11 is 2.51. The van der Waals surface area contributed by atoms with Gasteiger partial charge in [0, 0.05) is 4.90 Å². The number of hydrogen-bond donors (Lipinski definition) is 1. The van der Waals surface area contributed by atoms with Gasteiger partial charge in [0.25, 0.3) is 0 Å². The molecule has 0 aliphatic carbocycles. The number of aromatic hydroxyl groups is 1. The number of hydrogen-bond acceptors (Lipinski definition) is 6. The molecule has 1 heterocycles. The minimum Gasteiger partial charge on any atom is -0.507 e. The molecular weight excluding hydrogens is 352 g/mol. The van der Waals surface area contributed by atoms with Crippen molar-refractivity contribution in [1.29, 1.82) is 0 Å². The van der Waals surface area contributed by atoms with Crippen molar-refractivity contribution in [2.24, 2.45) is 10.2 Å². The highest BCUT2D eigenvalue weighted by molar-refractivity contribution is 8.14. The van der Waals surface area contributed by atoms with E-state index in [0.29, 0.717) is 15.6 Å². The second-order valence-electron chi connectivity index (χ2n) is 5.47. The predicted molar refractivity (Wildman–Crippen MR) is 103 cm³/mol. The van der Waals surface area contributed by atoms with E-state index in [1.165, 1.54) is 23.1 Å². The van der Waals surface area contributed by atoms with Crippen LogP contribution < -0.4 is 0 Å². The topological polar surface area (TPSA) is 62.0 Å². The summed E-state index contributed by atoms with van der Waals surface area (Å²) in [6.45, 7) is 3.65. The van der Waals surface area contributed by atoms with Gasteiger partial charge in [-0.25, -0.2) is 0 Å². The Kier molecular flexibility index (Phi) is 5.31. The van der Waals surface area contributed by atoms with E-state index in [1.54, 1.807) is 24.3 Å². The average molecular weight is 368 g/mol. The molecule has 0 amide bonds. The summed E-state index contributed by atoms with van der Waals surface area (Å²) in [6.07, 6.45) is 0. The van der Waals surface area contributed by atoms with E-state index in [-0.39, 0.29) is 10.9 Å². The van der Waals surface area contributed by atoms with E-state index in [2.05, 4.69) is 10.2 Å². The summed E-state index contributed by atoms with van der Waals surface area (Å²) in [5, 5.41) is 18.9. The highest BCUT2D eigenvalue weighted by Gasteiger charge is 2.11. The number of benzene rings is 2. The second kappa shape index (κ2) is 7.63. The molecule has 3 aromatic rings. The van der Waals surface area contributed by atoms with Crippen LogP contribution in [-0.4, -0.2) is 10.2 Å². The minimum atomic E-state index is -0.00558. The molecule has 0 radical (unpaired) electrons. The van der Waals surface area contributed by atoms with Gasteiger partial charge in [0.2, 0.25) is 5.12 Å². The average Bonchev–Trinajstić information content (AvgIpc) is 3.08. The third kappa shape index (κ3) is 4.35. The molecule has 1 aromatic heterocycles. The van der Waals surface area contributed by atoms with E-state index in [4.69, 9.17) is 0 Å². The summed E-state index contributed by atoms with van der Waals surface area (Å²) < 4.78 is 0. The lowest BCUT2D eigenvalue weighted by atomic mass is 10.1. The molecule has 25 heavy (non-hydrogen) atoms. The van der Waals surface area contributed by atoms with Crippen molar-refractivity contribution in [2.45, 2.75) is 18.7 Å². The molecule has 4 nitrogen and oxygen atoms in total. The van der Waals surface area contributed by atoms with Crippen LogP contribution >= 0.6 is 23.1 Å². The molecule has 0 saturated heterocycles. The second-order valence-corrected chi connectivity index (χ2v) is 7.58. The van der Waals surface area contributed by atoms with Gasteiger partial charge in [-0.1, -0.05) is 18.2 Å². The van der Waals surface area contributed by atoms with E-state index in [9.17, 15) is 9.90 Å². The standard InChI is InChI=1S/C19H16N2O2S2/c1-12-10-14(11-13(2)18(12)22)20-21-17-9-8-16(25-17)19(23)24-15-6-4-3-5-7-15/h3-11,22H,1-2H3. The lowest BCUT2D eigenvalue weighted by molar-refractivity contribution is 0.109. The van der Waals surface area contributed by atoms with Crippen LogP contribution in [-0.2, 0) is 0 Å². The highest BCUT2D eigenvalue weighted by Crippen LogP contribution is 2.33. The number of carbonyl (C=O) groups excluding carboxylic acids is 1. The molecule has 0 spiro atoms. The zero-order valence-electron chi connectivity index (χ0n) is 13.8. The fourth-order valence-electron chi connectivity index (χ4n) is 2.23. The first-order valence-corrected chi connectivity index (χ1v) is 9.25. The zero-order valence-corrected chi connectivity index (χ0v) is 15.4. The maximum absolute atomic E-state index is 12.3. The summed E-state index contributed by atoms with van der Waals surface area (Å²) in [5.41, 5.74) is 2.19. The van der Waals surface area contributed by atoms with E-state index < -0.39 is 0 Å². The lowest BCUT2D eigenvalue weighted by Gasteiger charge is -2.03. The van der Waals surface area contributed by atoms with Crippen molar-refractivity contribution < 1.29 is 9.90 Å². The number of rotatable bonds is 4. The zero-order chi connectivity index (χ0) is 17.8. The van der Waals surface area contributed by atoms with Gasteiger partial charge in [-0.3, -0.25) is 4.79 Å². The first-order chi connectivity index (χ1) is 12.0. The third-order valence-electron chi connectivity index (χ3n) is 3.49. The van der Waals surface area contributed by atoms with Crippen molar-refractivity contribution in [2.75, 3.05) is 0 Å².